The summed E-state index contributed by atoms with van der Waals surface area (Å²) in [6, 6.07) is 0. The van der Waals surface area contributed by atoms with Crippen LogP contribution in [0.1, 0.15) is 0 Å². The molecule has 0 aliphatic heterocycles. The van der Waals surface area contributed by atoms with Crippen LogP contribution in [0.3, 0.4) is 0 Å². The fourth-order valence-electron chi connectivity index (χ4n) is 0. The molecule has 0 saturated heterocycles. The topological polar surface area (TPSA) is 0 Å². The summed E-state index contributed by atoms with van der Waals surface area (Å²) in [5, 5.41) is 0. The summed E-state index contributed by atoms with van der Waals surface area (Å²) < 4.78 is 0. The second kappa shape index (κ2) is 3.39. The van der Waals surface area contributed by atoms with E-state index in [4.69, 9.17) is 6.42 Å². The molecule has 0 fully saturated rings. The van der Waals surface area contributed by atoms with E-state index in [-0.39, 0.29) is 18.9 Å². The number of rotatable bonds is 0. The van der Waals surface area contributed by atoms with Crippen molar-refractivity contribution in [2.45, 2.75) is 19.6 Å². The molecule has 0 unspecified atom stereocenters. The summed E-state index contributed by atoms with van der Waals surface area (Å²) in [6.07, 6.45) is 5.12. The molecule has 0 aromatic heterocycles. The third kappa shape index (κ3) is 10.7. The van der Waals surface area contributed by atoms with Gasteiger partial charge in [-0.2, -0.15) is 0 Å². The molecule has 36 valence electrons. The molecular weight excluding hydrogens is 95.1 g/mol. The molecule has 0 spiro atoms. The Morgan fingerprint density at radius 2 is 1.43 bits per heavy atom. The standard InChI is InChI=1S/C5H10Si.Li.H/c1-5-6(2,3)4;;/h1H,2-4H3;;. The van der Waals surface area contributed by atoms with Crippen molar-refractivity contribution in [1.29, 1.82) is 0 Å². The van der Waals surface area contributed by atoms with Crippen LogP contribution in [0, 0.1) is 12.0 Å². The molecule has 0 radical (unpaired) electrons. The van der Waals surface area contributed by atoms with Crippen molar-refractivity contribution < 1.29 is 0 Å². The SMILES string of the molecule is C#C[Si](C)(C)C.[LiH]. The Morgan fingerprint density at radius 3 is 1.43 bits per heavy atom. The van der Waals surface area contributed by atoms with E-state index in [1.165, 1.54) is 0 Å². The van der Waals surface area contributed by atoms with Gasteiger partial charge in [0.15, 0.2) is 0 Å². The second-order valence-corrected chi connectivity index (χ2v) is 7.18. The van der Waals surface area contributed by atoms with E-state index in [2.05, 4.69) is 25.2 Å². The maximum absolute atomic E-state index is 5.12. The van der Waals surface area contributed by atoms with Gasteiger partial charge in [-0.1, -0.05) is 19.6 Å². The summed E-state index contributed by atoms with van der Waals surface area (Å²) in [6.45, 7) is 6.44. The molecule has 0 bridgehead atoms. The predicted molar refractivity (Wildman–Crippen MR) is 39.3 cm³/mol. The molecule has 0 heterocycles. The van der Waals surface area contributed by atoms with E-state index in [9.17, 15) is 0 Å². The van der Waals surface area contributed by atoms with Gasteiger partial charge in [-0.15, -0.1) is 12.0 Å². The van der Waals surface area contributed by atoms with Crippen LogP contribution in [0.4, 0.5) is 0 Å². The van der Waals surface area contributed by atoms with Gasteiger partial charge < -0.3 is 0 Å². The minimum absolute atomic E-state index is 0. The Balaban J connectivity index is 0. The van der Waals surface area contributed by atoms with E-state index in [1.807, 2.05) is 0 Å². The molecule has 0 amide bonds. The van der Waals surface area contributed by atoms with Crippen LogP contribution >= 0.6 is 0 Å². The molecular formula is C5H11LiSi. The third-order valence-electron chi connectivity index (χ3n) is 0.433. The number of terminal acetylenes is 1. The Bertz CT molecular complexity index is 75.1. The van der Waals surface area contributed by atoms with Crippen LogP contribution in [0.15, 0.2) is 0 Å². The summed E-state index contributed by atoms with van der Waals surface area (Å²) in [5.74, 6) is 0. The fourth-order valence-corrected chi connectivity index (χ4v) is 0. The summed E-state index contributed by atoms with van der Waals surface area (Å²) in [5.41, 5.74) is 2.74. The maximum atomic E-state index is 5.12. The van der Waals surface area contributed by atoms with Gasteiger partial charge in [-0.05, 0) is 0 Å². The van der Waals surface area contributed by atoms with Crippen molar-refractivity contribution >= 4 is 26.9 Å². The Hall–Kier alpha value is 0.374. The van der Waals surface area contributed by atoms with E-state index in [1.54, 1.807) is 0 Å². The Morgan fingerprint density at radius 1 is 1.29 bits per heavy atom. The molecule has 0 aromatic rings. The van der Waals surface area contributed by atoms with Crippen LogP contribution in [-0.4, -0.2) is 26.9 Å². The molecule has 7 heavy (non-hydrogen) atoms. The Kier molecular flexibility index (Phi) is 5.02. The Labute approximate surface area is 58.9 Å². The summed E-state index contributed by atoms with van der Waals surface area (Å²) in [4.78, 5) is 0. The van der Waals surface area contributed by atoms with Gasteiger partial charge in [0.2, 0.25) is 0 Å². The molecule has 0 rings (SSSR count). The quantitative estimate of drug-likeness (QED) is 0.317. The van der Waals surface area contributed by atoms with E-state index in [0.29, 0.717) is 0 Å². The van der Waals surface area contributed by atoms with Crippen LogP contribution < -0.4 is 0 Å². The normalized spacial score (nSPS) is 8.86. The van der Waals surface area contributed by atoms with Crippen molar-refractivity contribution in [3.63, 3.8) is 0 Å². The van der Waals surface area contributed by atoms with Gasteiger partial charge >= 0.3 is 18.9 Å². The average molecular weight is 106 g/mol. The van der Waals surface area contributed by atoms with Gasteiger partial charge in [0.1, 0.15) is 8.07 Å². The zero-order chi connectivity index (χ0) is 5.21. The monoisotopic (exact) mass is 106 g/mol. The summed E-state index contributed by atoms with van der Waals surface area (Å²) in [7, 11) is -1.10. The molecule has 0 saturated carbocycles. The van der Waals surface area contributed by atoms with E-state index in [0.717, 1.165) is 0 Å². The number of hydrogen-bond acceptors (Lipinski definition) is 0. The van der Waals surface area contributed by atoms with Gasteiger partial charge in [0.25, 0.3) is 0 Å². The zero-order valence-electron chi connectivity index (χ0n) is 4.58. The van der Waals surface area contributed by atoms with Crippen molar-refractivity contribution in [2.75, 3.05) is 0 Å². The van der Waals surface area contributed by atoms with Gasteiger partial charge in [-0.3, -0.25) is 0 Å². The van der Waals surface area contributed by atoms with Crippen molar-refractivity contribution in [1.82, 2.24) is 0 Å². The molecule has 2 heteroatoms. The summed E-state index contributed by atoms with van der Waals surface area (Å²) >= 11 is 0. The van der Waals surface area contributed by atoms with Gasteiger partial charge in [0.05, 0.1) is 0 Å². The molecule has 0 N–H and O–H groups in total. The zero-order valence-corrected chi connectivity index (χ0v) is 5.58. The van der Waals surface area contributed by atoms with E-state index < -0.39 is 8.07 Å². The molecule has 0 nitrogen and oxygen atoms in total. The van der Waals surface area contributed by atoms with Gasteiger partial charge in [0, 0.05) is 0 Å². The van der Waals surface area contributed by atoms with Crippen LogP contribution in [-0.2, 0) is 0 Å². The van der Waals surface area contributed by atoms with Crippen molar-refractivity contribution in [3.05, 3.63) is 0 Å². The first-order valence-electron chi connectivity index (χ1n) is 2.04. The first-order chi connectivity index (χ1) is 2.56. The van der Waals surface area contributed by atoms with Crippen LogP contribution in [0.5, 0.6) is 0 Å². The van der Waals surface area contributed by atoms with Crippen molar-refractivity contribution in [3.8, 4) is 12.0 Å². The number of hydrogen-bond donors (Lipinski definition) is 0. The molecule has 0 atom stereocenters. The third-order valence-corrected chi connectivity index (χ3v) is 1.30. The van der Waals surface area contributed by atoms with Crippen LogP contribution in [0.25, 0.3) is 0 Å². The van der Waals surface area contributed by atoms with Crippen LogP contribution in [0.2, 0.25) is 19.6 Å². The fraction of sp³-hybridized carbons (Fsp3) is 0.600. The van der Waals surface area contributed by atoms with Gasteiger partial charge in [-0.25, -0.2) is 0 Å². The molecule has 0 aliphatic rings. The average Bonchev–Trinajstić information content (AvgIpc) is 1.35. The van der Waals surface area contributed by atoms with Crippen molar-refractivity contribution in [2.24, 2.45) is 0 Å². The first-order valence-corrected chi connectivity index (χ1v) is 5.54. The first kappa shape index (κ1) is 10.4. The van der Waals surface area contributed by atoms with E-state index >= 15 is 0 Å². The minimum atomic E-state index is -1.10. The predicted octanol–water partition coefficient (Wildman–Crippen LogP) is 0.848. The molecule has 0 aromatic carbocycles. The molecule has 0 aliphatic carbocycles. The second-order valence-electron chi connectivity index (χ2n) is 2.39.